The molecule has 1 fully saturated rings. The first-order valence-electron chi connectivity index (χ1n) is 9.35. The fraction of sp³-hybridized carbons (Fsp3) is 0.650. The Morgan fingerprint density at radius 1 is 1.28 bits per heavy atom. The van der Waals surface area contributed by atoms with Crippen LogP contribution >= 0.6 is 0 Å². The summed E-state index contributed by atoms with van der Waals surface area (Å²) in [5.74, 6) is 1.28. The number of hydrogen-bond donors (Lipinski definition) is 1. The molecule has 1 saturated heterocycles. The molecule has 1 amide bonds. The third-order valence-electron chi connectivity index (χ3n) is 5.25. The Balaban J connectivity index is 2.04. The molecule has 1 aromatic rings. The fourth-order valence-corrected chi connectivity index (χ4v) is 3.60. The number of aryl methyl sites for hydroxylation is 1. The van der Waals surface area contributed by atoms with Gasteiger partial charge in [-0.2, -0.15) is 0 Å². The van der Waals surface area contributed by atoms with Crippen LogP contribution in [0.3, 0.4) is 0 Å². The molecule has 1 heterocycles. The summed E-state index contributed by atoms with van der Waals surface area (Å²) >= 11 is 0. The Kier molecular flexibility index (Phi) is 7.72. The number of carbonyl (C=O) groups excluding carboxylic acids is 1. The molecule has 5 heteroatoms. The molecule has 1 N–H and O–H groups in total. The molecule has 1 aromatic carbocycles. The summed E-state index contributed by atoms with van der Waals surface area (Å²) < 4.78 is 10.8. The number of benzene rings is 1. The van der Waals surface area contributed by atoms with Gasteiger partial charge in [-0.3, -0.25) is 9.69 Å². The molecule has 0 saturated carbocycles. The number of ether oxygens (including phenoxy) is 2. The molecule has 25 heavy (non-hydrogen) atoms. The smallest absolute Gasteiger partial charge is 0.251 e. The molecule has 5 nitrogen and oxygen atoms in total. The van der Waals surface area contributed by atoms with Crippen LogP contribution in [0.5, 0.6) is 5.75 Å². The van der Waals surface area contributed by atoms with Crippen LogP contribution in [0.25, 0.3) is 0 Å². The third kappa shape index (κ3) is 5.19. The van der Waals surface area contributed by atoms with Gasteiger partial charge in [-0.25, -0.2) is 0 Å². The van der Waals surface area contributed by atoms with Crippen molar-refractivity contribution < 1.29 is 14.3 Å². The topological polar surface area (TPSA) is 50.8 Å². The SMILES string of the molecule is CCC(CC)[C@H](CNC(=O)c1ccc(C)c(OC)c1)N1CCOCC1. The number of nitrogens with zero attached hydrogens (tertiary/aromatic N) is 1. The van der Waals surface area contributed by atoms with E-state index in [2.05, 4.69) is 24.1 Å². The lowest BCUT2D eigenvalue weighted by atomic mass is 9.92. The fourth-order valence-electron chi connectivity index (χ4n) is 3.60. The van der Waals surface area contributed by atoms with Gasteiger partial charge < -0.3 is 14.8 Å². The molecule has 0 spiro atoms. The van der Waals surface area contributed by atoms with E-state index in [4.69, 9.17) is 9.47 Å². The standard InChI is InChI=1S/C20H32N2O3/c1-5-16(6-2)18(22-9-11-25-12-10-22)14-21-20(23)17-8-7-15(3)19(13-17)24-4/h7-8,13,16,18H,5-6,9-12,14H2,1-4H3,(H,21,23)/t18-/m0/s1. The van der Waals surface area contributed by atoms with E-state index in [-0.39, 0.29) is 5.91 Å². The lowest BCUT2D eigenvalue weighted by Gasteiger charge is -2.38. The molecular formula is C20H32N2O3. The van der Waals surface area contributed by atoms with E-state index in [0.717, 1.165) is 50.5 Å². The second-order valence-corrected chi connectivity index (χ2v) is 6.69. The average molecular weight is 348 g/mol. The summed E-state index contributed by atoms with van der Waals surface area (Å²) in [4.78, 5) is 15.1. The molecule has 1 aliphatic heterocycles. The second-order valence-electron chi connectivity index (χ2n) is 6.69. The van der Waals surface area contributed by atoms with Gasteiger partial charge in [-0.05, 0) is 30.5 Å². The summed E-state index contributed by atoms with van der Waals surface area (Å²) in [6.45, 7) is 10.5. The van der Waals surface area contributed by atoms with Crippen molar-refractivity contribution in [3.63, 3.8) is 0 Å². The minimum Gasteiger partial charge on any atom is -0.496 e. The molecule has 1 aliphatic rings. The van der Waals surface area contributed by atoms with E-state index < -0.39 is 0 Å². The number of hydrogen-bond acceptors (Lipinski definition) is 4. The molecule has 0 aromatic heterocycles. The lowest BCUT2D eigenvalue weighted by Crippen LogP contribution is -2.52. The van der Waals surface area contributed by atoms with Gasteiger partial charge in [0.05, 0.1) is 20.3 Å². The van der Waals surface area contributed by atoms with Crippen LogP contribution in [-0.4, -0.2) is 56.8 Å². The number of carbonyl (C=O) groups is 1. The quantitative estimate of drug-likeness (QED) is 0.785. The van der Waals surface area contributed by atoms with Crippen molar-refractivity contribution in [1.82, 2.24) is 10.2 Å². The van der Waals surface area contributed by atoms with Crippen molar-refractivity contribution >= 4 is 5.91 Å². The van der Waals surface area contributed by atoms with Crippen molar-refractivity contribution in [3.05, 3.63) is 29.3 Å². The zero-order valence-corrected chi connectivity index (χ0v) is 16.0. The van der Waals surface area contributed by atoms with Crippen LogP contribution in [0.1, 0.15) is 42.6 Å². The highest BCUT2D eigenvalue weighted by molar-refractivity contribution is 5.94. The Bertz CT molecular complexity index is 552. The summed E-state index contributed by atoms with van der Waals surface area (Å²) in [6.07, 6.45) is 2.24. The van der Waals surface area contributed by atoms with Gasteiger partial charge in [0, 0.05) is 31.2 Å². The Labute approximate surface area is 151 Å². The van der Waals surface area contributed by atoms with Crippen LogP contribution in [0.15, 0.2) is 18.2 Å². The highest BCUT2D eigenvalue weighted by Gasteiger charge is 2.27. The number of methoxy groups -OCH3 is 1. The van der Waals surface area contributed by atoms with Crippen molar-refractivity contribution in [2.45, 2.75) is 39.7 Å². The monoisotopic (exact) mass is 348 g/mol. The summed E-state index contributed by atoms with van der Waals surface area (Å²) in [7, 11) is 1.63. The van der Waals surface area contributed by atoms with Crippen LogP contribution in [-0.2, 0) is 4.74 Å². The molecule has 0 unspecified atom stereocenters. The second kappa shape index (κ2) is 9.78. The van der Waals surface area contributed by atoms with Gasteiger partial charge in [0.2, 0.25) is 0 Å². The third-order valence-corrected chi connectivity index (χ3v) is 5.25. The van der Waals surface area contributed by atoms with Crippen molar-refractivity contribution in [2.24, 2.45) is 5.92 Å². The maximum Gasteiger partial charge on any atom is 0.251 e. The normalized spacial score (nSPS) is 16.7. The molecule has 2 rings (SSSR count). The minimum atomic E-state index is -0.0393. The highest BCUT2D eigenvalue weighted by atomic mass is 16.5. The van der Waals surface area contributed by atoms with Crippen LogP contribution < -0.4 is 10.1 Å². The van der Waals surface area contributed by atoms with Gasteiger partial charge in [-0.1, -0.05) is 32.8 Å². The summed E-state index contributed by atoms with van der Waals surface area (Å²) in [5.41, 5.74) is 1.68. The van der Waals surface area contributed by atoms with Crippen LogP contribution in [0, 0.1) is 12.8 Å². The first kappa shape index (κ1) is 19.7. The van der Waals surface area contributed by atoms with E-state index in [9.17, 15) is 4.79 Å². The van der Waals surface area contributed by atoms with Gasteiger partial charge in [-0.15, -0.1) is 0 Å². The molecule has 0 bridgehead atoms. The van der Waals surface area contributed by atoms with E-state index in [1.54, 1.807) is 7.11 Å². The van der Waals surface area contributed by atoms with Gasteiger partial charge in [0.15, 0.2) is 0 Å². The molecule has 1 atom stereocenters. The summed E-state index contributed by atoms with van der Waals surface area (Å²) in [6, 6.07) is 5.95. The zero-order chi connectivity index (χ0) is 18.2. The Morgan fingerprint density at radius 3 is 2.56 bits per heavy atom. The predicted octanol–water partition coefficient (Wildman–Crippen LogP) is 2.87. The van der Waals surface area contributed by atoms with Gasteiger partial charge in [0.25, 0.3) is 5.91 Å². The van der Waals surface area contributed by atoms with Crippen molar-refractivity contribution in [2.75, 3.05) is 40.0 Å². The minimum absolute atomic E-state index is 0.0393. The first-order valence-corrected chi connectivity index (χ1v) is 9.35. The maximum absolute atomic E-state index is 12.6. The average Bonchev–Trinajstić information content (AvgIpc) is 2.66. The largest absolute Gasteiger partial charge is 0.496 e. The number of nitrogens with one attached hydrogen (secondary N) is 1. The van der Waals surface area contributed by atoms with Crippen LogP contribution in [0.4, 0.5) is 0 Å². The van der Waals surface area contributed by atoms with Crippen LogP contribution in [0.2, 0.25) is 0 Å². The van der Waals surface area contributed by atoms with Gasteiger partial charge in [0.1, 0.15) is 5.75 Å². The highest BCUT2D eigenvalue weighted by Crippen LogP contribution is 2.21. The first-order chi connectivity index (χ1) is 12.1. The molecular weight excluding hydrogens is 316 g/mol. The van der Waals surface area contributed by atoms with Crippen molar-refractivity contribution in [1.29, 1.82) is 0 Å². The van der Waals surface area contributed by atoms with E-state index in [0.29, 0.717) is 24.1 Å². The van der Waals surface area contributed by atoms with Gasteiger partial charge >= 0.3 is 0 Å². The number of amides is 1. The zero-order valence-electron chi connectivity index (χ0n) is 16.0. The summed E-state index contributed by atoms with van der Waals surface area (Å²) in [5, 5.41) is 3.14. The number of rotatable bonds is 8. The molecule has 140 valence electrons. The van der Waals surface area contributed by atoms with E-state index in [1.165, 1.54) is 0 Å². The molecule has 0 radical (unpaired) electrons. The van der Waals surface area contributed by atoms with Crippen molar-refractivity contribution in [3.8, 4) is 5.75 Å². The van der Waals surface area contributed by atoms with E-state index >= 15 is 0 Å². The van der Waals surface area contributed by atoms with E-state index in [1.807, 2.05) is 25.1 Å². The molecule has 0 aliphatic carbocycles. The maximum atomic E-state index is 12.6. The Hall–Kier alpha value is -1.59. The lowest BCUT2D eigenvalue weighted by molar-refractivity contribution is 0.00191. The number of morpholine rings is 1. The predicted molar refractivity (Wildman–Crippen MR) is 100 cm³/mol. The Morgan fingerprint density at radius 2 is 1.96 bits per heavy atom.